The van der Waals surface area contributed by atoms with Crippen LogP contribution in [0.3, 0.4) is 0 Å². The summed E-state index contributed by atoms with van der Waals surface area (Å²) in [5.74, 6) is 0. The standard InChI is InChI=1S/C5H7NOS/c1-2-6-3-5(8)4-7/h2-4,8H,1H3/b5-3-,6-2?. The van der Waals surface area contributed by atoms with Gasteiger partial charge in [-0.2, -0.15) is 0 Å². The van der Waals surface area contributed by atoms with Crippen molar-refractivity contribution in [3.63, 3.8) is 0 Å². The van der Waals surface area contributed by atoms with Crippen LogP contribution in [0.4, 0.5) is 0 Å². The van der Waals surface area contributed by atoms with E-state index in [0.29, 0.717) is 11.2 Å². The first-order chi connectivity index (χ1) is 3.81. The number of allylic oxidation sites excluding steroid dienone is 1. The van der Waals surface area contributed by atoms with Gasteiger partial charge < -0.3 is 0 Å². The Labute approximate surface area is 53.7 Å². The van der Waals surface area contributed by atoms with E-state index in [1.165, 1.54) is 6.20 Å². The fourth-order valence-corrected chi connectivity index (χ4v) is 0.248. The molecule has 0 aliphatic heterocycles. The Kier molecular flexibility index (Phi) is 4.26. The predicted molar refractivity (Wildman–Crippen MR) is 37.3 cm³/mol. The zero-order valence-electron chi connectivity index (χ0n) is 4.53. The molecule has 8 heavy (non-hydrogen) atoms. The van der Waals surface area contributed by atoms with Crippen LogP contribution in [0.1, 0.15) is 6.92 Å². The van der Waals surface area contributed by atoms with Crippen LogP contribution in [0, 0.1) is 0 Å². The number of hydrogen-bond acceptors (Lipinski definition) is 3. The van der Waals surface area contributed by atoms with Crippen LogP contribution in [-0.4, -0.2) is 12.5 Å². The first-order valence-corrected chi connectivity index (χ1v) is 2.58. The van der Waals surface area contributed by atoms with Gasteiger partial charge in [0.05, 0.1) is 4.91 Å². The number of aliphatic imine (C=N–C) groups is 1. The highest BCUT2D eigenvalue weighted by molar-refractivity contribution is 7.85. The van der Waals surface area contributed by atoms with E-state index in [2.05, 4.69) is 17.6 Å². The molecule has 0 aromatic carbocycles. The molecule has 0 aliphatic carbocycles. The van der Waals surface area contributed by atoms with Crippen molar-refractivity contribution in [2.75, 3.05) is 0 Å². The molecule has 0 bridgehead atoms. The smallest absolute Gasteiger partial charge is 0.157 e. The van der Waals surface area contributed by atoms with Crippen molar-refractivity contribution in [3.8, 4) is 0 Å². The Morgan fingerprint density at radius 2 is 2.38 bits per heavy atom. The Balaban J connectivity index is 3.74. The quantitative estimate of drug-likeness (QED) is 0.257. The number of aldehydes is 1. The van der Waals surface area contributed by atoms with Gasteiger partial charge >= 0.3 is 0 Å². The Bertz CT molecular complexity index is 128. The average molecular weight is 129 g/mol. The fourth-order valence-electron chi connectivity index (χ4n) is 0.181. The van der Waals surface area contributed by atoms with Gasteiger partial charge in [0.25, 0.3) is 0 Å². The third-order valence-electron chi connectivity index (χ3n) is 0.477. The minimum Gasteiger partial charge on any atom is -0.297 e. The topological polar surface area (TPSA) is 29.4 Å². The van der Waals surface area contributed by atoms with E-state index in [1.807, 2.05) is 0 Å². The Morgan fingerprint density at radius 3 is 2.75 bits per heavy atom. The van der Waals surface area contributed by atoms with E-state index >= 15 is 0 Å². The van der Waals surface area contributed by atoms with Crippen LogP contribution in [0.2, 0.25) is 0 Å². The summed E-state index contributed by atoms with van der Waals surface area (Å²) in [6.45, 7) is 1.77. The van der Waals surface area contributed by atoms with E-state index in [4.69, 9.17) is 0 Å². The molecule has 0 radical (unpaired) electrons. The molecular formula is C5H7NOS. The van der Waals surface area contributed by atoms with Gasteiger partial charge in [0, 0.05) is 12.4 Å². The van der Waals surface area contributed by atoms with Gasteiger partial charge in [-0.1, -0.05) is 0 Å². The van der Waals surface area contributed by atoms with Crippen molar-refractivity contribution in [2.45, 2.75) is 6.92 Å². The monoisotopic (exact) mass is 129 g/mol. The molecule has 0 fully saturated rings. The average Bonchev–Trinajstić information content (AvgIpc) is 1.83. The number of thiol groups is 1. The Morgan fingerprint density at radius 1 is 1.75 bits per heavy atom. The first-order valence-electron chi connectivity index (χ1n) is 2.13. The SMILES string of the molecule is CC=N/C=C(\S)C=O. The number of hydrogen-bond donors (Lipinski definition) is 1. The normalized spacial score (nSPS) is 12.5. The zero-order chi connectivity index (χ0) is 6.41. The van der Waals surface area contributed by atoms with Crippen LogP contribution in [0.25, 0.3) is 0 Å². The highest BCUT2D eigenvalue weighted by Gasteiger charge is 1.77. The van der Waals surface area contributed by atoms with Gasteiger partial charge in [-0.3, -0.25) is 9.79 Å². The highest BCUT2D eigenvalue weighted by atomic mass is 32.1. The number of rotatable bonds is 2. The molecule has 0 unspecified atom stereocenters. The lowest BCUT2D eigenvalue weighted by molar-refractivity contribution is -0.104. The lowest BCUT2D eigenvalue weighted by atomic mass is 10.7. The molecule has 0 spiro atoms. The summed E-state index contributed by atoms with van der Waals surface area (Å²) in [6.07, 6.45) is 3.60. The first kappa shape index (κ1) is 7.43. The van der Waals surface area contributed by atoms with Crippen LogP contribution in [0.5, 0.6) is 0 Å². The van der Waals surface area contributed by atoms with E-state index in [9.17, 15) is 4.79 Å². The third-order valence-corrected chi connectivity index (χ3v) is 0.698. The van der Waals surface area contributed by atoms with Crippen molar-refractivity contribution in [3.05, 3.63) is 11.1 Å². The van der Waals surface area contributed by atoms with Crippen LogP contribution < -0.4 is 0 Å². The summed E-state index contributed by atoms with van der Waals surface area (Å²) < 4.78 is 0. The molecule has 0 aromatic heterocycles. The van der Waals surface area contributed by atoms with Gasteiger partial charge in [-0.15, -0.1) is 12.6 Å². The summed E-state index contributed by atoms with van der Waals surface area (Å²) in [5.41, 5.74) is 0. The number of carbonyl (C=O) groups is 1. The van der Waals surface area contributed by atoms with Gasteiger partial charge in [0.1, 0.15) is 0 Å². The third kappa shape index (κ3) is 3.61. The summed E-state index contributed by atoms with van der Waals surface area (Å²) in [5, 5.41) is 0. The lowest BCUT2D eigenvalue weighted by Gasteiger charge is -1.76. The molecule has 0 saturated carbocycles. The van der Waals surface area contributed by atoms with Crippen molar-refractivity contribution >= 4 is 25.1 Å². The van der Waals surface area contributed by atoms with E-state index in [-0.39, 0.29) is 0 Å². The molecule has 0 aliphatic rings. The van der Waals surface area contributed by atoms with Gasteiger partial charge in [-0.05, 0) is 6.92 Å². The molecule has 0 rings (SSSR count). The van der Waals surface area contributed by atoms with Crippen molar-refractivity contribution < 1.29 is 4.79 Å². The molecule has 0 N–H and O–H groups in total. The molecule has 0 aromatic rings. The maximum atomic E-state index is 9.79. The highest BCUT2D eigenvalue weighted by Crippen LogP contribution is 1.92. The van der Waals surface area contributed by atoms with E-state index in [0.717, 1.165) is 0 Å². The molecule has 2 nitrogen and oxygen atoms in total. The molecule has 0 atom stereocenters. The van der Waals surface area contributed by atoms with Gasteiger partial charge in [-0.25, -0.2) is 0 Å². The van der Waals surface area contributed by atoms with Gasteiger partial charge in [0.2, 0.25) is 0 Å². The molecule has 0 saturated heterocycles. The molecule has 0 amide bonds. The molecular weight excluding hydrogens is 122 g/mol. The summed E-state index contributed by atoms with van der Waals surface area (Å²) in [4.78, 5) is 13.8. The summed E-state index contributed by atoms with van der Waals surface area (Å²) in [7, 11) is 0. The van der Waals surface area contributed by atoms with Crippen LogP contribution in [-0.2, 0) is 4.79 Å². The number of nitrogens with zero attached hydrogens (tertiary/aromatic N) is 1. The second-order valence-electron chi connectivity index (χ2n) is 1.08. The Hall–Kier alpha value is -0.570. The van der Waals surface area contributed by atoms with Crippen molar-refractivity contribution in [1.29, 1.82) is 0 Å². The molecule has 3 heteroatoms. The largest absolute Gasteiger partial charge is 0.297 e. The van der Waals surface area contributed by atoms with Crippen LogP contribution in [0.15, 0.2) is 16.1 Å². The number of carbonyl (C=O) groups excluding carboxylic acids is 1. The van der Waals surface area contributed by atoms with E-state index < -0.39 is 0 Å². The second-order valence-corrected chi connectivity index (χ2v) is 1.60. The van der Waals surface area contributed by atoms with Crippen molar-refractivity contribution in [2.24, 2.45) is 4.99 Å². The van der Waals surface area contributed by atoms with Crippen molar-refractivity contribution in [1.82, 2.24) is 0 Å². The van der Waals surface area contributed by atoms with Gasteiger partial charge in [0.15, 0.2) is 6.29 Å². The summed E-state index contributed by atoms with van der Waals surface area (Å²) >= 11 is 3.74. The summed E-state index contributed by atoms with van der Waals surface area (Å²) in [6, 6.07) is 0. The molecule has 0 heterocycles. The van der Waals surface area contributed by atoms with E-state index in [1.54, 1.807) is 13.1 Å². The lowest BCUT2D eigenvalue weighted by Crippen LogP contribution is -1.68. The minimum atomic E-state index is 0.336. The second kappa shape index (κ2) is 4.59. The minimum absolute atomic E-state index is 0.336. The molecule has 44 valence electrons. The van der Waals surface area contributed by atoms with Crippen LogP contribution >= 0.6 is 12.6 Å². The maximum Gasteiger partial charge on any atom is 0.157 e. The fraction of sp³-hybridized carbons (Fsp3) is 0.200. The predicted octanol–water partition coefficient (Wildman–Crippen LogP) is 1.05. The maximum absolute atomic E-state index is 9.79. The zero-order valence-corrected chi connectivity index (χ0v) is 5.43.